The molecule has 1 aromatic heterocycles. The van der Waals surface area contributed by atoms with Gasteiger partial charge in [-0.1, -0.05) is 12.1 Å². The Morgan fingerprint density at radius 1 is 1.16 bits per heavy atom. The van der Waals surface area contributed by atoms with E-state index >= 15 is 0 Å². The molecule has 0 unspecified atom stereocenters. The van der Waals surface area contributed by atoms with E-state index in [4.69, 9.17) is 9.47 Å². The number of nitrogens with zero attached hydrogens (tertiary/aromatic N) is 2. The molecule has 2 aromatic rings. The second-order valence-electron chi connectivity index (χ2n) is 7.83. The Hall–Kier alpha value is -3.17. The van der Waals surface area contributed by atoms with Crippen molar-refractivity contribution in [3.05, 3.63) is 63.5 Å². The van der Waals surface area contributed by atoms with Crippen LogP contribution in [-0.2, 0) is 33.7 Å². The van der Waals surface area contributed by atoms with Gasteiger partial charge in [-0.3, -0.25) is 4.79 Å². The summed E-state index contributed by atoms with van der Waals surface area (Å²) in [6, 6.07) is 9.49. The highest BCUT2D eigenvalue weighted by Crippen LogP contribution is 2.23. The van der Waals surface area contributed by atoms with Crippen LogP contribution >= 0.6 is 0 Å². The molecule has 1 aliphatic rings. The maximum atomic E-state index is 12.5. The normalized spacial score (nSPS) is 13.4. The highest BCUT2D eigenvalue weighted by molar-refractivity contribution is 6.02. The summed E-state index contributed by atoms with van der Waals surface area (Å²) in [5, 5.41) is 9.45. The second kappa shape index (κ2) is 10.2. The van der Waals surface area contributed by atoms with Gasteiger partial charge in [-0.2, -0.15) is 5.26 Å². The Morgan fingerprint density at radius 3 is 2.61 bits per heavy atom. The van der Waals surface area contributed by atoms with E-state index in [1.54, 1.807) is 13.2 Å². The number of methoxy groups -OCH3 is 1. The molecule has 6 nitrogen and oxygen atoms in total. The molecule has 0 saturated heterocycles. The maximum absolute atomic E-state index is 12.5. The average molecular weight is 421 g/mol. The van der Waals surface area contributed by atoms with Gasteiger partial charge in [0.2, 0.25) is 0 Å². The zero-order chi connectivity index (χ0) is 22.4. The van der Waals surface area contributed by atoms with E-state index in [9.17, 15) is 14.9 Å². The summed E-state index contributed by atoms with van der Waals surface area (Å²) in [7, 11) is 1.64. The van der Waals surface area contributed by atoms with Gasteiger partial charge in [0.15, 0.2) is 12.4 Å². The molecule has 0 saturated carbocycles. The topological polar surface area (TPSA) is 81.3 Å². The smallest absolute Gasteiger partial charge is 0.349 e. The van der Waals surface area contributed by atoms with Crippen LogP contribution in [0.15, 0.2) is 29.8 Å². The van der Waals surface area contributed by atoms with Crippen LogP contribution in [0.5, 0.6) is 0 Å². The van der Waals surface area contributed by atoms with Gasteiger partial charge in [0.25, 0.3) is 0 Å². The quantitative estimate of drug-likeness (QED) is 0.279. The van der Waals surface area contributed by atoms with Crippen molar-refractivity contribution in [1.29, 1.82) is 5.26 Å². The third-order valence-electron chi connectivity index (χ3n) is 5.78. The minimum Gasteiger partial charge on any atom is -0.453 e. The van der Waals surface area contributed by atoms with Crippen LogP contribution in [0.3, 0.4) is 0 Å². The molecule has 0 amide bonds. The predicted octanol–water partition coefficient (Wildman–Crippen LogP) is 3.96. The predicted molar refractivity (Wildman–Crippen MR) is 118 cm³/mol. The van der Waals surface area contributed by atoms with Gasteiger partial charge in [-0.05, 0) is 74.4 Å². The van der Waals surface area contributed by atoms with Crippen LogP contribution in [-0.4, -0.2) is 36.6 Å². The monoisotopic (exact) mass is 420 g/mol. The third kappa shape index (κ3) is 5.31. The fourth-order valence-electron chi connectivity index (χ4n) is 3.99. The highest BCUT2D eigenvalue weighted by Gasteiger charge is 2.17. The van der Waals surface area contributed by atoms with Gasteiger partial charge in [-0.15, -0.1) is 0 Å². The molecule has 0 N–H and O–H groups in total. The fourth-order valence-corrected chi connectivity index (χ4v) is 3.99. The SMILES string of the molecule is COCCn1c(C)cc(/C=C(\C#N)C(=O)OCC(=O)c2ccc3c(c2)CCCC3)c1C. The van der Waals surface area contributed by atoms with Crippen LogP contribution in [0.1, 0.15) is 51.3 Å². The molecule has 31 heavy (non-hydrogen) atoms. The first-order valence-corrected chi connectivity index (χ1v) is 10.5. The van der Waals surface area contributed by atoms with E-state index in [2.05, 4.69) is 4.57 Å². The van der Waals surface area contributed by atoms with Crippen molar-refractivity contribution in [2.24, 2.45) is 0 Å². The zero-order valence-electron chi connectivity index (χ0n) is 18.4. The van der Waals surface area contributed by atoms with E-state index < -0.39 is 5.97 Å². The molecule has 0 aliphatic heterocycles. The van der Waals surface area contributed by atoms with E-state index in [0.717, 1.165) is 36.2 Å². The number of carbonyl (C=O) groups is 2. The van der Waals surface area contributed by atoms with E-state index in [-0.39, 0.29) is 18.0 Å². The molecule has 1 aromatic carbocycles. The number of ether oxygens (including phenoxy) is 2. The number of Topliss-reactive ketones (excluding diaryl/α,β-unsaturated/α-hetero) is 1. The number of rotatable bonds is 8. The van der Waals surface area contributed by atoms with Crippen molar-refractivity contribution >= 4 is 17.8 Å². The number of nitriles is 1. The van der Waals surface area contributed by atoms with Crippen molar-refractivity contribution in [1.82, 2.24) is 4.57 Å². The molecule has 0 fully saturated rings. The molecule has 0 atom stereocenters. The number of aryl methyl sites for hydroxylation is 3. The lowest BCUT2D eigenvalue weighted by Crippen LogP contribution is -2.16. The summed E-state index contributed by atoms with van der Waals surface area (Å²) in [5.41, 5.74) is 5.60. The minimum absolute atomic E-state index is 0.134. The Balaban J connectivity index is 1.68. The van der Waals surface area contributed by atoms with Gasteiger partial charge < -0.3 is 14.0 Å². The maximum Gasteiger partial charge on any atom is 0.349 e. The lowest BCUT2D eigenvalue weighted by Gasteiger charge is -2.16. The molecule has 0 bridgehead atoms. The number of hydrogen-bond acceptors (Lipinski definition) is 5. The molecular weight excluding hydrogens is 392 g/mol. The van der Waals surface area contributed by atoms with Crippen molar-refractivity contribution in [2.45, 2.75) is 46.1 Å². The summed E-state index contributed by atoms with van der Waals surface area (Å²) in [4.78, 5) is 24.9. The van der Waals surface area contributed by atoms with Crippen LogP contribution in [0.4, 0.5) is 0 Å². The first kappa shape index (κ1) is 22.5. The lowest BCUT2D eigenvalue weighted by molar-refractivity contribution is -0.137. The summed E-state index contributed by atoms with van der Waals surface area (Å²) in [6.45, 7) is 4.75. The first-order valence-electron chi connectivity index (χ1n) is 10.5. The standard InChI is InChI=1S/C25H28N2O4/c1-17-12-22(18(2)27(17)10-11-30-3)14-23(15-26)25(29)31-16-24(28)21-9-8-19-6-4-5-7-20(19)13-21/h8-9,12-14H,4-7,10-11,16H2,1-3H3/b23-14+. The largest absolute Gasteiger partial charge is 0.453 e. The summed E-state index contributed by atoms with van der Waals surface area (Å²) in [6.07, 6.45) is 5.83. The number of aromatic nitrogens is 1. The molecule has 162 valence electrons. The van der Waals surface area contributed by atoms with E-state index in [0.29, 0.717) is 18.7 Å². The number of hydrogen-bond donors (Lipinski definition) is 0. The number of carbonyl (C=O) groups excluding carboxylic acids is 2. The first-order chi connectivity index (χ1) is 14.9. The van der Waals surface area contributed by atoms with Crippen molar-refractivity contribution < 1.29 is 19.1 Å². The van der Waals surface area contributed by atoms with Gasteiger partial charge in [-0.25, -0.2) is 4.79 Å². The Labute approximate surface area is 183 Å². The Morgan fingerprint density at radius 2 is 1.90 bits per heavy atom. The molecule has 6 heteroatoms. The molecule has 0 radical (unpaired) electrons. The molecule has 1 aliphatic carbocycles. The average Bonchev–Trinajstić information content (AvgIpc) is 3.05. The molecule has 1 heterocycles. The van der Waals surface area contributed by atoms with Crippen molar-refractivity contribution in [3.8, 4) is 6.07 Å². The number of benzene rings is 1. The summed E-state index contributed by atoms with van der Waals surface area (Å²) in [5.74, 6) is -1.06. The van der Waals surface area contributed by atoms with Crippen LogP contribution in [0, 0.1) is 25.2 Å². The fraction of sp³-hybridized carbons (Fsp3) is 0.400. The van der Waals surface area contributed by atoms with Gasteiger partial charge in [0.05, 0.1) is 6.61 Å². The van der Waals surface area contributed by atoms with E-state index in [1.807, 2.05) is 38.1 Å². The summed E-state index contributed by atoms with van der Waals surface area (Å²) >= 11 is 0. The van der Waals surface area contributed by atoms with Gasteiger partial charge in [0.1, 0.15) is 11.6 Å². The Kier molecular flexibility index (Phi) is 7.43. The van der Waals surface area contributed by atoms with E-state index in [1.165, 1.54) is 23.6 Å². The zero-order valence-corrected chi connectivity index (χ0v) is 18.4. The summed E-state index contributed by atoms with van der Waals surface area (Å²) < 4.78 is 12.4. The van der Waals surface area contributed by atoms with Crippen LogP contribution in [0.2, 0.25) is 0 Å². The van der Waals surface area contributed by atoms with Crippen LogP contribution in [0.25, 0.3) is 6.08 Å². The molecule has 3 rings (SSSR count). The Bertz CT molecular complexity index is 1060. The number of ketones is 1. The minimum atomic E-state index is -0.796. The van der Waals surface area contributed by atoms with Crippen LogP contribution < -0.4 is 0 Å². The number of esters is 1. The molecular formula is C25H28N2O4. The lowest BCUT2D eigenvalue weighted by atomic mass is 9.90. The highest BCUT2D eigenvalue weighted by atomic mass is 16.5. The second-order valence-corrected chi connectivity index (χ2v) is 7.83. The van der Waals surface area contributed by atoms with Crippen molar-refractivity contribution in [2.75, 3.05) is 20.3 Å². The van der Waals surface area contributed by atoms with Gasteiger partial charge >= 0.3 is 5.97 Å². The van der Waals surface area contributed by atoms with Gasteiger partial charge in [0, 0.05) is 30.6 Å². The van der Waals surface area contributed by atoms with Crippen molar-refractivity contribution in [3.63, 3.8) is 0 Å². The third-order valence-corrected chi connectivity index (χ3v) is 5.78. The molecule has 0 spiro atoms. The number of fused-ring (bicyclic) bond motifs is 1.